The third-order valence-corrected chi connectivity index (χ3v) is 1.92. The number of hydrogen-bond acceptors (Lipinski definition) is 5. The monoisotopic (exact) mass is 238 g/mol. The van der Waals surface area contributed by atoms with Crippen LogP contribution >= 0.6 is 0 Å². The molecule has 1 aromatic rings. The first-order chi connectivity index (χ1) is 8.19. The molecule has 1 heterocycles. The maximum atomic E-state index is 11.9. The lowest BCUT2D eigenvalue weighted by Crippen LogP contribution is -2.36. The summed E-state index contributed by atoms with van der Waals surface area (Å²) < 4.78 is 9.35. The molecule has 0 fully saturated rings. The highest BCUT2D eigenvalue weighted by molar-refractivity contribution is 5.94. The molecule has 0 unspecified atom stereocenters. The summed E-state index contributed by atoms with van der Waals surface area (Å²) in [6.07, 6.45) is 2.82. The van der Waals surface area contributed by atoms with Crippen molar-refractivity contribution < 1.29 is 18.8 Å². The summed E-state index contributed by atoms with van der Waals surface area (Å²) in [5.74, 6) is -0.863. The maximum Gasteiger partial charge on any atom is 0.325 e. The van der Waals surface area contributed by atoms with Gasteiger partial charge in [0.1, 0.15) is 12.8 Å². The van der Waals surface area contributed by atoms with Gasteiger partial charge in [-0.15, -0.1) is 6.58 Å². The normalized spacial score (nSPS) is 9.71. The first-order valence-electron chi connectivity index (χ1n) is 5.15. The van der Waals surface area contributed by atoms with Crippen LogP contribution in [0.3, 0.4) is 0 Å². The van der Waals surface area contributed by atoms with Gasteiger partial charge in [0.15, 0.2) is 5.69 Å². The van der Waals surface area contributed by atoms with Gasteiger partial charge in [0.2, 0.25) is 0 Å². The van der Waals surface area contributed by atoms with Gasteiger partial charge >= 0.3 is 5.97 Å². The van der Waals surface area contributed by atoms with Gasteiger partial charge in [-0.05, 0) is 6.92 Å². The van der Waals surface area contributed by atoms with Crippen molar-refractivity contribution >= 4 is 11.9 Å². The second-order valence-electron chi connectivity index (χ2n) is 3.16. The van der Waals surface area contributed by atoms with E-state index in [0.717, 1.165) is 0 Å². The zero-order valence-corrected chi connectivity index (χ0v) is 9.59. The van der Waals surface area contributed by atoms with Crippen molar-refractivity contribution in [2.24, 2.45) is 0 Å². The number of aromatic nitrogens is 1. The Morgan fingerprint density at radius 3 is 2.94 bits per heavy atom. The van der Waals surface area contributed by atoms with Crippen LogP contribution in [0.5, 0.6) is 0 Å². The predicted molar refractivity (Wildman–Crippen MR) is 59.2 cm³/mol. The summed E-state index contributed by atoms with van der Waals surface area (Å²) in [4.78, 5) is 24.5. The van der Waals surface area contributed by atoms with Crippen molar-refractivity contribution in [2.75, 3.05) is 19.7 Å². The first-order valence-corrected chi connectivity index (χ1v) is 5.15. The van der Waals surface area contributed by atoms with Crippen LogP contribution in [0, 0.1) is 0 Å². The van der Waals surface area contributed by atoms with Crippen LogP contribution < -0.4 is 0 Å². The minimum Gasteiger partial charge on any atom is -0.465 e. The Balaban J connectivity index is 2.68. The van der Waals surface area contributed by atoms with Gasteiger partial charge in [0.05, 0.1) is 6.61 Å². The van der Waals surface area contributed by atoms with Crippen LogP contribution in [-0.4, -0.2) is 41.6 Å². The molecule has 6 heteroatoms. The lowest BCUT2D eigenvalue weighted by atomic mass is 10.3. The smallest absolute Gasteiger partial charge is 0.325 e. The number of esters is 1. The molecule has 0 spiro atoms. The minimum atomic E-state index is -0.466. The number of rotatable bonds is 6. The van der Waals surface area contributed by atoms with Crippen molar-refractivity contribution in [1.82, 2.24) is 10.1 Å². The molecule has 0 N–H and O–H groups in total. The number of hydrogen-bond donors (Lipinski definition) is 0. The van der Waals surface area contributed by atoms with E-state index in [2.05, 4.69) is 16.3 Å². The van der Waals surface area contributed by atoms with Crippen molar-refractivity contribution in [3.8, 4) is 0 Å². The molecule has 0 saturated carbocycles. The Morgan fingerprint density at radius 2 is 2.41 bits per heavy atom. The van der Waals surface area contributed by atoms with E-state index >= 15 is 0 Å². The molecule has 0 radical (unpaired) electrons. The highest BCUT2D eigenvalue weighted by Gasteiger charge is 2.20. The van der Waals surface area contributed by atoms with E-state index in [1.165, 1.54) is 23.3 Å². The third-order valence-electron chi connectivity index (χ3n) is 1.92. The number of carbonyl (C=O) groups excluding carboxylic acids is 2. The van der Waals surface area contributed by atoms with E-state index < -0.39 is 11.9 Å². The summed E-state index contributed by atoms with van der Waals surface area (Å²) >= 11 is 0. The fourth-order valence-electron chi connectivity index (χ4n) is 1.22. The lowest BCUT2D eigenvalue weighted by Gasteiger charge is -2.18. The molecule has 0 aliphatic carbocycles. The zero-order valence-electron chi connectivity index (χ0n) is 9.59. The van der Waals surface area contributed by atoms with Crippen LogP contribution in [-0.2, 0) is 9.53 Å². The van der Waals surface area contributed by atoms with E-state index in [9.17, 15) is 9.59 Å². The summed E-state index contributed by atoms with van der Waals surface area (Å²) in [5.41, 5.74) is 0.149. The van der Waals surface area contributed by atoms with E-state index in [1.54, 1.807) is 6.92 Å². The quantitative estimate of drug-likeness (QED) is 0.543. The molecule has 0 bridgehead atoms. The molecule has 0 aromatic carbocycles. The standard InChI is InChI=1S/C11H14N2O4/c1-3-6-13(8-10(14)16-4-2)11(15)9-5-7-17-12-9/h3,5,7H,1,4,6,8H2,2H3. The Labute approximate surface area is 98.8 Å². The summed E-state index contributed by atoms with van der Waals surface area (Å²) in [6.45, 7) is 5.62. The Morgan fingerprint density at radius 1 is 1.65 bits per heavy atom. The van der Waals surface area contributed by atoms with Crippen molar-refractivity contribution in [2.45, 2.75) is 6.92 Å². The Kier molecular flexibility index (Phi) is 4.93. The van der Waals surface area contributed by atoms with E-state index in [0.29, 0.717) is 0 Å². The van der Waals surface area contributed by atoms with Crippen LogP contribution in [0.4, 0.5) is 0 Å². The molecule has 1 aromatic heterocycles. The molecule has 0 aliphatic heterocycles. The fraction of sp³-hybridized carbons (Fsp3) is 0.364. The SMILES string of the molecule is C=CCN(CC(=O)OCC)C(=O)c1ccon1. The Bertz CT molecular complexity index is 386. The molecule has 0 saturated heterocycles. The molecule has 0 aliphatic rings. The molecule has 1 amide bonds. The van der Waals surface area contributed by atoms with Gasteiger partial charge in [-0.2, -0.15) is 0 Å². The van der Waals surface area contributed by atoms with Crippen LogP contribution in [0.15, 0.2) is 29.5 Å². The average molecular weight is 238 g/mol. The Hall–Kier alpha value is -2.11. The zero-order chi connectivity index (χ0) is 12.7. The number of carbonyl (C=O) groups is 2. The molecular weight excluding hydrogens is 224 g/mol. The summed E-state index contributed by atoms with van der Waals surface area (Å²) in [6, 6.07) is 1.43. The van der Waals surface area contributed by atoms with Crippen LogP contribution in [0.1, 0.15) is 17.4 Å². The van der Waals surface area contributed by atoms with Gasteiger partial charge in [-0.1, -0.05) is 11.2 Å². The summed E-state index contributed by atoms with van der Waals surface area (Å²) in [7, 11) is 0. The third kappa shape index (κ3) is 3.75. The first kappa shape index (κ1) is 13.0. The molecular formula is C11H14N2O4. The van der Waals surface area contributed by atoms with Gasteiger partial charge in [-0.25, -0.2) is 0 Å². The van der Waals surface area contributed by atoms with Crippen molar-refractivity contribution in [1.29, 1.82) is 0 Å². The van der Waals surface area contributed by atoms with Gasteiger partial charge in [0.25, 0.3) is 5.91 Å². The van der Waals surface area contributed by atoms with Gasteiger partial charge in [0, 0.05) is 12.6 Å². The number of amides is 1. The fourth-order valence-corrected chi connectivity index (χ4v) is 1.22. The van der Waals surface area contributed by atoms with Crippen LogP contribution in [0.25, 0.3) is 0 Å². The molecule has 17 heavy (non-hydrogen) atoms. The van der Waals surface area contributed by atoms with E-state index in [4.69, 9.17) is 4.74 Å². The topological polar surface area (TPSA) is 72.6 Å². The molecule has 6 nitrogen and oxygen atoms in total. The highest BCUT2D eigenvalue weighted by atomic mass is 16.5. The van der Waals surface area contributed by atoms with Gasteiger partial charge < -0.3 is 14.2 Å². The predicted octanol–water partition coefficient (Wildman–Crippen LogP) is 0.866. The summed E-state index contributed by atoms with van der Waals surface area (Å²) in [5, 5.41) is 3.52. The second kappa shape index (κ2) is 6.47. The van der Waals surface area contributed by atoms with Crippen LogP contribution in [0.2, 0.25) is 0 Å². The average Bonchev–Trinajstić information content (AvgIpc) is 2.81. The maximum absolute atomic E-state index is 11.9. The second-order valence-corrected chi connectivity index (χ2v) is 3.16. The van der Waals surface area contributed by atoms with Gasteiger partial charge in [-0.3, -0.25) is 9.59 Å². The molecule has 92 valence electrons. The molecule has 1 rings (SSSR count). The largest absolute Gasteiger partial charge is 0.465 e. The minimum absolute atomic E-state index is 0.133. The van der Waals surface area contributed by atoms with Crippen molar-refractivity contribution in [3.05, 3.63) is 30.7 Å². The highest BCUT2D eigenvalue weighted by Crippen LogP contribution is 2.02. The van der Waals surface area contributed by atoms with E-state index in [1.807, 2.05) is 0 Å². The van der Waals surface area contributed by atoms with Crippen molar-refractivity contribution in [3.63, 3.8) is 0 Å². The number of ether oxygens (including phenoxy) is 1. The molecule has 0 atom stereocenters. The number of nitrogens with zero attached hydrogens (tertiary/aromatic N) is 2. The van der Waals surface area contributed by atoms with E-state index in [-0.39, 0.29) is 25.4 Å². The lowest BCUT2D eigenvalue weighted by molar-refractivity contribution is -0.143.